The van der Waals surface area contributed by atoms with E-state index < -0.39 is 0 Å². The van der Waals surface area contributed by atoms with Gasteiger partial charge in [-0.1, -0.05) is 30.3 Å². The van der Waals surface area contributed by atoms with E-state index in [2.05, 4.69) is 5.32 Å². The lowest BCUT2D eigenvalue weighted by Crippen LogP contribution is -2.47. The predicted octanol–water partition coefficient (Wildman–Crippen LogP) is 3.35. The molecule has 0 radical (unpaired) electrons. The molecule has 1 N–H and O–H groups in total. The molecule has 2 aromatic carbocycles. The number of carbonyl (C=O) groups is 3. The Kier molecular flexibility index (Phi) is 5.84. The Hall–Kier alpha value is -3.45. The van der Waals surface area contributed by atoms with E-state index in [1.54, 1.807) is 30.3 Å². The molecule has 166 valence electrons. The van der Waals surface area contributed by atoms with Gasteiger partial charge >= 0.3 is 0 Å². The minimum Gasteiger partial charge on any atom is -0.372 e. The fraction of sp³-hybridized carbons (Fsp3) is 0.320. The van der Waals surface area contributed by atoms with Crippen LogP contribution in [0.4, 0.5) is 11.4 Å². The summed E-state index contributed by atoms with van der Waals surface area (Å²) in [5.41, 5.74) is 3.46. The highest BCUT2D eigenvalue weighted by molar-refractivity contribution is 6.45. The highest BCUT2D eigenvalue weighted by Gasteiger charge is 2.44. The third-order valence-electron chi connectivity index (χ3n) is 5.65. The molecule has 2 unspecified atom stereocenters. The Morgan fingerprint density at radius 1 is 0.969 bits per heavy atom. The average Bonchev–Trinajstić information content (AvgIpc) is 2.98. The maximum absolute atomic E-state index is 13.7. The first kappa shape index (κ1) is 21.8. The van der Waals surface area contributed by atoms with Gasteiger partial charge in [0.15, 0.2) is 0 Å². The van der Waals surface area contributed by atoms with Crippen LogP contribution in [0.1, 0.15) is 31.9 Å². The van der Waals surface area contributed by atoms with Crippen LogP contribution in [0, 0.1) is 6.92 Å². The third kappa shape index (κ3) is 4.03. The van der Waals surface area contributed by atoms with Gasteiger partial charge in [-0.2, -0.15) is 0 Å². The summed E-state index contributed by atoms with van der Waals surface area (Å²) in [6.07, 6.45) is -0.130. The minimum absolute atomic E-state index is 0.0648. The lowest BCUT2D eigenvalue weighted by Gasteiger charge is -2.37. The smallest absolute Gasteiger partial charge is 0.282 e. The van der Waals surface area contributed by atoms with Crippen LogP contribution in [0.15, 0.2) is 54.2 Å². The summed E-state index contributed by atoms with van der Waals surface area (Å²) in [6, 6.07) is 14.4. The van der Waals surface area contributed by atoms with Gasteiger partial charge < -0.3 is 15.0 Å². The number of aryl methyl sites for hydroxylation is 1. The molecule has 0 saturated carbocycles. The molecule has 0 aliphatic carbocycles. The number of ether oxygens (including phenoxy) is 1. The summed E-state index contributed by atoms with van der Waals surface area (Å²) in [6.45, 7) is 8.29. The number of rotatable bonds is 4. The zero-order valence-electron chi connectivity index (χ0n) is 18.7. The zero-order valence-corrected chi connectivity index (χ0v) is 18.7. The topological polar surface area (TPSA) is 79.0 Å². The Morgan fingerprint density at radius 2 is 1.59 bits per heavy atom. The number of imide groups is 1. The first-order chi connectivity index (χ1) is 15.3. The van der Waals surface area contributed by atoms with Gasteiger partial charge in [0, 0.05) is 25.7 Å². The van der Waals surface area contributed by atoms with Crippen LogP contribution in [-0.4, -0.2) is 47.9 Å². The number of benzene rings is 2. The van der Waals surface area contributed by atoms with Gasteiger partial charge in [-0.3, -0.25) is 14.4 Å². The molecule has 1 fully saturated rings. The highest BCUT2D eigenvalue weighted by Crippen LogP contribution is 2.37. The summed E-state index contributed by atoms with van der Waals surface area (Å²) in [5, 5.41) is 2.73. The van der Waals surface area contributed by atoms with Crippen LogP contribution in [-0.2, 0) is 19.1 Å². The standard InChI is InChI=1S/C25H27N3O4/c1-15-7-5-6-8-21(15)28-24(30)22(19-9-11-20(12-10-19)26-18(4)29)23(25(28)31)27-13-16(2)32-17(3)14-27/h5-12,16-17H,13-14H2,1-4H3,(H,26,29). The van der Waals surface area contributed by atoms with Gasteiger partial charge in [-0.15, -0.1) is 0 Å². The minimum atomic E-state index is -0.349. The van der Waals surface area contributed by atoms with Crippen LogP contribution in [0.2, 0.25) is 0 Å². The second-order valence-electron chi connectivity index (χ2n) is 8.38. The number of nitrogens with one attached hydrogen (secondary N) is 1. The number of anilines is 2. The second-order valence-corrected chi connectivity index (χ2v) is 8.38. The van der Waals surface area contributed by atoms with Crippen LogP contribution >= 0.6 is 0 Å². The van der Waals surface area contributed by atoms with E-state index in [1.165, 1.54) is 11.8 Å². The second kappa shape index (κ2) is 8.59. The number of morpholine rings is 1. The molecule has 2 aromatic rings. The SMILES string of the molecule is CC(=O)Nc1ccc(C2=C(N3CC(C)OC(C)C3)C(=O)N(c3ccccc3C)C2=O)cc1. The van der Waals surface area contributed by atoms with Crippen LogP contribution in [0.3, 0.4) is 0 Å². The van der Waals surface area contributed by atoms with Crippen molar-refractivity contribution in [2.75, 3.05) is 23.3 Å². The number of hydrogen-bond acceptors (Lipinski definition) is 5. The summed E-state index contributed by atoms with van der Waals surface area (Å²) in [7, 11) is 0. The van der Waals surface area contributed by atoms with Crippen LogP contribution in [0.5, 0.6) is 0 Å². The molecule has 0 bridgehead atoms. The predicted molar refractivity (Wildman–Crippen MR) is 123 cm³/mol. The molecule has 32 heavy (non-hydrogen) atoms. The number of hydrogen-bond donors (Lipinski definition) is 1. The van der Waals surface area contributed by atoms with Gasteiger partial charge in [-0.05, 0) is 50.1 Å². The van der Waals surface area contributed by atoms with Gasteiger partial charge in [0.1, 0.15) is 5.70 Å². The van der Waals surface area contributed by atoms with E-state index >= 15 is 0 Å². The maximum atomic E-state index is 13.7. The van der Waals surface area contributed by atoms with Crippen molar-refractivity contribution in [2.45, 2.75) is 39.9 Å². The summed E-state index contributed by atoms with van der Waals surface area (Å²) in [4.78, 5) is 41.9. The van der Waals surface area contributed by atoms with Crippen LogP contribution in [0.25, 0.3) is 5.57 Å². The Morgan fingerprint density at radius 3 is 2.19 bits per heavy atom. The maximum Gasteiger partial charge on any atom is 0.282 e. The molecule has 2 heterocycles. The zero-order chi connectivity index (χ0) is 23.0. The molecule has 2 aliphatic heterocycles. The molecule has 3 amide bonds. The lowest BCUT2D eigenvalue weighted by atomic mass is 10.0. The molecule has 1 saturated heterocycles. The molecule has 7 nitrogen and oxygen atoms in total. The van der Waals surface area contributed by atoms with Crippen molar-refractivity contribution in [3.05, 3.63) is 65.4 Å². The largest absolute Gasteiger partial charge is 0.372 e. The molecule has 0 spiro atoms. The van der Waals surface area contributed by atoms with E-state index in [9.17, 15) is 14.4 Å². The van der Waals surface area contributed by atoms with Crippen molar-refractivity contribution in [1.82, 2.24) is 4.90 Å². The molecule has 2 atom stereocenters. The molecule has 7 heteroatoms. The fourth-order valence-corrected chi connectivity index (χ4v) is 4.39. The summed E-state index contributed by atoms with van der Waals surface area (Å²) >= 11 is 0. The van der Waals surface area contributed by atoms with Crippen LogP contribution < -0.4 is 10.2 Å². The van der Waals surface area contributed by atoms with E-state index in [1.807, 2.05) is 43.9 Å². The Bertz CT molecular complexity index is 1100. The number of nitrogens with zero attached hydrogens (tertiary/aromatic N) is 2. The van der Waals surface area contributed by atoms with E-state index in [0.29, 0.717) is 41.3 Å². The van der Waals surface area contributed by atoms with Crippen molar-refractivity contribution < 1.29 is 19.1 Å². The van der Waals surface area contributed by atoms with Crippen molar-refractivity contribution in [3.8, 4) is 0 Å². The summed E-state index contributed by atoms with van der Waals surface area (Å²) in [5.74, 6) is -0.850. The average molecular weight is 434 g/mol. The summed E-state index contributed by atoms with van der Waals surface area (Å²) < 4.78 is 5.85. The van der Waals surface area contributed by atoms with E-state index in [4.69, 9.17) is 4.74 Å². The van der Waals surface area contributed by atoms with Gasteiger partial charge in [-0.25, -0.2) is 4.90 Å². The van der Waals surface area contributed by atoms with Crippen molar-refractivity contribution in [1.29, 1.82) is 0 Å². The van der Waals surface area contributed by atoms with E-state index in [0.717, 1.165) is 5.56 Å². The van der Waals surface area contributed by atoms with Crippen molar-refractivity contribution in [2.24, 2.45) is 0 Å². The first-order valence-electron chi connectivity index (χ1n) is 10.7. The highest BCUT2D eigenvalue weighted by atomic mass is 16.5. The van der Waals surface area contributed by atoms with Crippen molar-refractivity contribution in [3.63, 3.8) is 0 Å². The molecular weight excluding hydrogens is 406 g/mol. The Balaban J connectivity index is 1.81. The third-order valence-corrected chi connectivity index (χ3v) is 5.65. The fourth-order valence-electron chi connectivity index (χ4n) is 4.39. The molecule has 4 rings (SSSR count). The Labute approximate surface area is 187 Å². The number of para-hydroxylation sites is 1. The van der Waals surface area contributed by atoms with Gasteiger partial charge in [0.25, 0.3) is 11.8 Å². The van der Waals surface area contributed by atoms with E-state index in [-0.39, 0.29) is 29.9 Å². The number of carbonyl (C=O) groups excluding carboxylic acids is 3. The first-order valence-corrected chi connectivity index (χ1v) is 10.7. The van der Waals surface area contributed by atoms with Crippen molar-refractivity contribution >= 4 is 34.7 Å². The molecule has 2 aliphatic rings. The quantitative estimate of drug-likeness (QED) is 0.748. The van der Waals surface area contributed by atoms with Gasteiger partial charge in [0.2, 0.25) is 5.91 Å². The monoisotopic (exact) mass is 433 g/mol. The normalized spacial score (nSPS) is 21.4. The molecule has 0 aromatic heterocycles. The van der Waals surface area contributed by atoms with Gasteiger partial charge in [0.05, 0.1) is 23.5 Å². The molecular formula is C25H27N3O4. The lowest BCUT2D eigenvalue weighted by molar-refractivity contribution is -0.121. The number of amides is 3.